The average Bonchev–Trinajstić information content (AvgIpc) is 3.12. The fraction of sp³-hybridized carbons (Fsp3) is 0.600. The average molecular weight is 372 g/mol. The van der Waals surface area contributed by atoms with Crippen molar-refractivity contribution < 1.29 is 14.3 Å². The molecule has 0 aromatic heterocycles. The van der Waals surface area contributed by atoms with Gasteiger partial charge < -0.3 is 15.0 Å². The van der Waals surface area contributed by atoms with E-state index in [2.05, 4.69) is 30.0 Å². The molecule has 2 amide bonds. The smallest absolute Gasteiger partial charge is 0.255 e. The second kappa shape index (κ2) is 7.13. The van der Waals surface area contributed by atoms with Crippen LogP contribution in [0.2, 0.25) is 0 Å². The molecule has 1 aromatic rings. The molecule has 2 saturated heterocycles. The summed E-state index contributed by atoms with van der Waals surface area (Å²) in [6.07, 6.45) is 2.47. The summed E-state index contributed by atoms with van der Waals surface area (Å²) in [5.74, 6) is 1.06. The van der Waals surface area contributed by atoms with Crippen LogP contribution < -0.4 is 20.9 Å². The van der Waals surface area contributed by atoms with E-state index in [-0.39, 0.29) is 17.9 Å². The maximum Gasteiger partial charge on any atom is 0.255 e. The van der Waals surface area contributed by atoms with E-state index in [1.54, 1.807) is 6.07 Å². The highest BCUT2D eigenvalue weighted by atomic mass is 16.5. The highest BCUT2D eigenvalue weighted by molar-refractivity contribution is 5.97. The molecule has 0 saturated carbocycles. The minimum Gasteiger partial charge on any atom is -0.483 e. The number of nitrogens with one attached hydrogen (secondary N) is 3. The van der Waals surface area contributed by atoms with Crippen LogP contribution >= 0.6 is 0 Å². The fourth-order valence-corrected chi connectivity index (χ4v) is 4.26. The number of para-hydroxylation sites is 1. The van der Waals surface area contributed by atoms with Crippen LogP contribution in [0.15, 0.2) is 24.3 Å². The number of carbonyl (C=O) groups excluding carboxylic acids is 2. The monoisotopic (exact) mass is 372 g/mol. The van der Waals surface area contributed by atoms with Crippen molar-refractivity contribution in [1.82, 2.24) is 21.1 Å². The molecule has 27 heavy (non-hydrogen) atoms. The third-order valence-electron chi connectivity index (χ3n) is 5.92. The lowest BCUT2D eigenvalue weighted by Gasteiger charge is -2.42. The molecule has 0 radical (unpaired) electrons. The molecule has 1 spiro atoms. The van der Waals surface area contributed by atoms with E-state index < -0.39 is 5.60 Å². The first-order valence-electron chi connectivity index (χ1n) is 9.83. The van der Waals surface area contributed by atoms with Gasteiger partial charge in [0.1, 0.15) is 17.4 Å². The quantitative estimate of drug-likeness (QED) is 0.723. The first kappa shape index (κ1) is 18.3. The van der Waals surface area contributed by atoms with Gasteiger partial charge in [0.05, 0.1) is 18.7 Å². The Labute approximate surface area is 159 Å². The zero-order valence-electron chi connectivity index (χ0n) is 16.0. The molecular formula is C20H28N4O3. The molecule has 7 heteroatoms. The van der Waals surface area contributed by atoms with Crippen molar-refractivity contribution in [2.45, 2.75) is 50.8 Å². The lowest BCUT2D eigenvalue weighted by molar-refractivity contribution is -0.138. The number of nitrogens with zero attached hydrogens (tertiary/aromatic N) is 1. The number of benzene rings is 1. The van der Waals surface area contributed by atoms with E-state index in [0.29, 0.717) is 36.4 Å². The lowest BCUT2D eigenvalue weighted by atomic mass is 9.91. The van der Waals surface area contributed by atoms with Gasteiger partial charge in [0, 0.05) is 12.6 Å². The number of fused-ring (bicyclic) bond motifs is 1. The number of carbonyl (C=O) groups is 2. The molecule has 3 aliphatic rings. The van der Waals surface area contributed by atoms with Gasteiger partial charge in [-0.15, -0.1) is 0 Å². The van der Waals surface area contributed by atoms with Crippen LogP contribution in [0.4, 0.5) is 0 Å². The number of piperidine rings is 1. The highest BCUT2D eigenvalue weighted by Crippen LogP contribution is 2.32. The van der Waals surface area contributed by atoms with Gasteiger partial charge in [0.15, 0.2) is 0 Å². The van der Waals surface area contributed by atoms with E-state index in [9.17, 15) is 9.59 Å². The van der Waals surface area contributed by atoms with Crippen LogP contribution in [-0.4, -0.2) is 54.0 Å². The molecule has 1 aromatic carbocycles. The Morgan fingerprint density at radius 3 is 2.89 bits per heavy atom. The second-order valence-electron chi connectivity index (χ2n) is 8.25. The third kappa shape index (κ3) is 3.53. The van der Waals surface area contributed by atoms with Crippen molar-refractivity contribution in [3.63, 3.8) is 0 Å². The molecule has 7 nitrogen and oxygen atoms in total. The molecule has 2 fully saturated rings. The molecular weight excluding hydrogens is 344 g/mol. The minimum atomic E-state index is -0.570. The number of hydrogen-bond acceptors (Lipinski definition) is 5. The van der Waals surface area contributed by atoms with Gasteiger partial charge in [-0.2, -0.15) is 0 Å². The standard InChI is InChI=1S/C20H28N4O3/c1-13(2)15-10-16(23-22-15)19(26)24-9-5-8-20(12-24)11-21-18(25)14-6-3-4-7-17(14)27-20/h3-4,6-7,13,15-16,22-23H,5,8-12H2,1-2H3,(H,21,25). The Hall–Kier alpha value is -2.12. The van der Waals surface area contributed by atoms with E-state index in [1.807, 2.05) is 23.1 Å². The van der Waals surface area contributed by atoms with Crippen LogP contribution in [0, 0.1) is 5.92 Å². The molecule has 3 unspecified atom stereocenters. The van der Waals surface area contributed by atoms with E-state index in [1.165, 1.54) is 0 Å². The molecule has 3 atom stereocenters. The Bertz CT molecular complexity index is 738. The van der Waals surface area contributed by atoms with Crippen molar-refractivity contribution in [1.29, 1.82) is 0 Å². The van der Waals surface area contributed by atoms with Gasteiger partial charge in [-0.3, -0.25) is 15.0 Å². The zero-order valence-corrected chi connectivity index (χ0v) is 16.0. The zero-order chi connectivity index (χ0) is 19.0. The summed E-state index contributed by atoms with van der Waals surface area (Å²) in [5, 5.41) is 2.98. The first-order chi connectivity index (χ1) is 13.0. The number of hydrogen-bond donors (Lipinski definition) is 3. The van der Waals surface area contributed by atoms with Gasteiger partial charge >= 0.3 is 0 Å². The predicted molar refractivity (Wildman–Crippen MR) is 101 cm³/mol. The largest absolute Gasteiger partial charge is 0.483 e. The third-order valence-corrected chi connectivity index (χ3v) is 5.92. The van der Waals surface area contributed by atoms with Crippen LogP contribution in [0.3, 0.4) is 0 Å². The molecule has 3 N–H and O–H groups in total. The van der Waals surface area contributed by atoms with E-state index >= 15 is 0 Å². The Kier molecular flexibility index (Phi) is 4.82. The van der Waals surface area contributed by atoms with Gasteiger partial charge in [0.2, 0.25) is 5.91 Å². The topological polar surface area (TPSA) is 82.7 Å². The SMILES string of the molecule is CC(C)C1CC(C(=O)N2CCCC3(CNC(=O)c4ccccc4O3)C2)NN1. The molecule has 0 aliphatic carbocycles. The van der Waals surface area contributed by atoms with Gasteiger partial charge in [-0.05, 0) is 37.3 Å². The van der Waals surface area contributed by atoms with Crippen LogP contribution in [0.1, 0.15) is 43.5 Å². The predicted octanol–water partition coefficient (Wildman–Crippen LogP) is 1.06. The van der Waals surface area contributed by atoms with Gasteiger partial charge in [0.25, 0.3) is 5.91 Å². The molecule has 3 heterocycles. The van der Waals surface area contributed by atoms with Crippen molar-refractivity contribution >= 4 is 11.8 Å². The summed E-state index contributed by atoms with van der Waals surface area (Å²) >= 11 is 0. The summed E-state index contributed by atoms with van der Waals surface area (Å²) in [4.78, 5) is 27.3. The number of rotatable bonds is 2. The lowest BCUT2D eigenvalue weighted by Crippen LogP contribution is -2.60. The summed E-state index contributed by atoms with van der Waals surface area (Å²) in [6, 6.07) is 7.41. The van der Waals surface area contributed by atoms with Crippen molar-refractivity contribution in [2.24, 2.45) is 5.92 Å². The van der Waals surface area contributed by atoms with Crippen LogP contribution in [0.25, 0.3) is 0 Å². The minimum absolute atomic E-state index is 0.109. The van der Waals surface area contributed by atoms with E-state index in [4.69, 9.17) is 4.74 Å². The van der Waals surface area contributed by atoms with E-state index in [0.717, 1.165) is 25.8 Å². The molecule has 4 rings (SSSR count). The number of ether oxygens (including phenoxy) is 1. The highest BCUT2D eigenvalue weighted by Gasteiger charge is 2.44. The van der Waals surface area contributed by atoms with Crippen molar-refractivity contribution in [2.75, 3.05) is 19.6 Å². The molecule has 0 bridgehead atoms. The Morgan fingerprint density at radius 2 is 2.11 bits per heavy atom. The summed E-state index contributed by atoms with van der Waals surface area (Å²) in [6.45, 7) is 5.94. The summed E-state index contributed by atoms with van der Waals surface area (Å²) in [5.41, 5.74) is 6.39. The number of hydrazine groups is 1. The second-order valence-corrected chi connectivity index (χ2v) is 8.25. The maximum absolute atomic E-state index is 13.1. The van der Waals surface area contributed by atoms with Gasteiger partial charge in [-0.1, -0.05) is 26.0 Å². The Morgan fingerprint density at radius 1 is 1.30 bits per heavy atom. The van der Waals surface area contributed by atoms with Crippen LogP contribution in [0.5, 0.6) is 5.75 Å². The van der Waals surface area contributed by atoms with Crippen LogP contribution in [-0.2, 0) is 4.79 Å². The number of amides is 2. The first-order valence-corrected chi connectivity index (χ1v) is 9.83. The summed E-state index contributed by atoms with van der Waals surface area (Å²) in [7, 11) is 0. The fourth-order valence-electron chi connectivity index (χ4n) is 4.26. The van der Waals surface area contributed by atoms with Crippen molar-refractivity contribution in [3.8, 4) is 5.75 Å². The molecule has 146 valence electrons. The maximum atomic E-state index is 13.1. The van der Waals surface area contributed by atoms with Gasteiger partial charge in [-0.25, -0.2) is 5.43 Å². The Balaban J connectivity index is 1.50. The van der Waals surface area contributed by atoms with Crippen molar-refractivity contribution in [3.05, 3.63) is 29.8 Å². The normalized spacial score (nSPS) is 30.6. The molecule has 3 aliphatic heterocycles. The summed E-state index contributed by atoms with van der Waals surface area (Å²) < 4.78 is 6.34. The number of likely N-dealkylation sites (tertiary alicyclic amines) is 1.